The number of thiophene rings is 1. The molecule has 5 nitrogen and oxygen atoms in total. The molecule has 1 aromatic carbocycles. The first-order valence-electron chi connectivity index (χ1n) is 7.23. The summed E-state index contributed by atoms with van der Waals surface area (Å²) < 4.78 is 0. The first-order valence-corrected chi connectivity index (χ1v) is 8.99. The highest BCUT2D eigenvalue weighted by Gasteiger charge is 2.21. The monoisotopic (exact) mass is 350 g/mol. The van der Waals surface area contributed by atoms with Gasteiger partial charge in [-0.3, -0.25) is 14.9 Å². The molecule has 2 aromatic rings. The van der Waals surface area contributed by atoms with E-state index in [1.54, 1.807) is 23.5 Å². The van der Waals surface area contributed by atoms with Crippen molar-refractivity contribution in [2.24, 2.45) is 0 Å². The Bertz CT molecular complexity index is 656. The maximum Gasteiger partial charge on any atom is 0.269 e. The normalized spacial score (nSPS) is 11.9. The molecule has 1 atom stereocenters. The molecule has 1 aromatic heterocycles. The van der Waals surface area contributed by atoms with Gasteiger partial charge >= 0.3 is 0 Å². The van der Waals surface area contributed by atoms with Crippen molar-refractivity contribution < 1.29 is 9.72 Å². The van der Waals surface area contributed by atoms with Crippen molar-refractivity contribution in [2.75, 3.05) is 6.54 Å². The van der Waals surface area contributed by atoms with Crippen molar-refractivity contribution in [3.8, 4) is 0 Å². The summed E-state index contributed by atoms with van der Waals surface area (Å²) in [6.45, 7) is 5.11. The number of carbonyl (C=O) groups excluding carboxylic acids is 1. The molecule has 0 fully saturated rings. The minimum absolute atomic E-state index is 0.0567. The summed E-state index contributed by atoms with van der Waals surface area (Å²) in [4.78, 5) is 26.7. The van der Waals surface area contributed by atoms with Gasteiger partial charge in [-0.05, 0) is 37.4 Å². The van der Waals surface area contributed by atoms with Crippen LogP contribution in [0.25, 0.3) is 0 Å². The Kier molecular flexibility index (Phi) is 6.18. The average Bonchev–Trinajstić information content (AvgIpc) is 3.05. The molecule has 0 aliphatic carbocycles. The second-order valence-electron chi connectivity index (χ2n) is 4.94. The van der Waals surface area contributed by atoms with Gasteiger partial charge in [-0.1, -0.05) is 6.07 Å². The van der Waals surface area contributed by atoms with Crippen LogP contribution in [0.1, 0.15) is 18.7 Å². The van der Waals surface area contributed by atoms with E-state index in [0.29, 0.717) is 13.1 Å². The minimum Gasteiger partial charge on any atom is -0.337 e. The van der Waals surface area contributed by atoms with Crippen molar-refractivity contribution >= 4 is 34.7 Å². The lowest BCUT2D eigenvalue weighted by atomic mass is 10.3. The number of non-ortho nitro benzene ring substituents is 1. The van der Waals surface area contributed by atoms with Gasteiger partial charge in [-0.15, -0.1) is 23.1 Å². The van der Waals surface area contributed by atoms with E-state index >= 15 is 0 Å². The van der Waals surface area contributed by atoms with Gasteiger partial charge in [0.05, 0.1) is 16.7 Å². The van der Waals surface area contributed by atoms with Crippen molar-refractivity contribution in [1.82, 2.24) is 4.90 Å². The molecular formula is C16H18N2O3S2. The molecule has 122 valence electrons. The van der Waals surface area contributed by atoms with Gasteiger partial charge in [0.2, 0.25) is 5.91 Å². The van der Waals surface area contributed by atoms with Crippen molar-refractivity contribution in [3.05, 3.63) is 56.8 Å². The number of amides is 1. The van der Waals surface area contributed by atoms with Crippen LogP contribution in [0, 0.1) is 10.1 Å². The molecule has 1 amide bonds. The Balaban J connectivity index is 1.98. The number of hydrogen-bond donors (Lipinski definition) is 0. The maximum atomic E-state index is 12.6. The number of nitrogens with zero attached hydrogens (tertiary/aromatic N) is 2. The molecule has 23 heavy (non-hydrogen) atoms. The van der Waals surface area contributed by atoms with Gasteiger partial charge in [0, 0.05) is 28.5 Å². The fourth-order valence-corrected chi connectivity index (χ4v) is 3.77. The van der Waals surface area contributed by atoms with Crippen molar-refractivity contribution in [1.29, 1.82) is 0 Å². The summed E-state index contributed by atoms with van der Waals surface area (Å²) in [5, 5.41) is 12.4. The molecule has 0 spiro atoms. The minimum atomic E-state index is -0.428. The number of benzene rings is 1. The summed E-state index contributed by atoms with van der Waals surface area (Å²) in [5.41, 5.74) is 0.0567. The Labute approximate surface area is 143 Å². The zero-order chi connectivity index (χ0) is 16.8. The van der Waals surface area contributed by atoms with Gasteiger partial charge < -0.3 is 4.90 Å². The molecule has 7 heteroatoms. The lowest BCUT2D eigenvalue weighted by Crippen LogP contribution is -2.35. The van der Waals surface area contributed by atoms with E-state index in [9.17, 15) is 14.9 Å². The highest BCUT2D eigenvalue weighted by atomic mass is 32.2. The number of nitro groups is 1. The third kappa shape index (κ3) is 4.80. The van der Waals surface area contributed by atoms with Crippen LogP contribution in [0.15, 0.2) is 46.7 Å². The van der Waals surface area contributed by atoms with Gasteiger partial charge in [0.25, 0.3) is 5.69 Å². The highest BCUT2D eigenvalue weighted by molar-refractivity contribution is 8.00. The molecular weight excluding hydrogens is 332 g/mol. The topological polar surface area (TPSA) is 63.5 Å². The fraction of sp³-hybridized carbons (Fsp3) is 0.312. The highest BCUT2D eigenvalue weighted by Crippen LogP contribution is 2.27. The average molecular weight is 350 g/mol. The predicted octanol–water partition coefficient (Wildman–Crippen LogP) is 4.19. The quantitative estimate of drug-likeness (QED) is 0.427. The molecule has 0 aliphatic rings. The number of nitro benzene ring substituents is 1. The summed E-state index contributed by atoms with van der Waals surface area (Å²) in [6.07, 6.45) is 0. The maximum absolute atomic E-state index is 12.6. The van der Waals surface area contributed by atoms with E-state index in [1.807, 2.05) is 36.3 Å². The molecule has 1 heterocycles. The van der Waals surface area contributed by atoms with E-state index in [-0.39, 0.29) is 16.8 Å². The molecule has 1 unspecified atom stereocenters. The molecule has 0 radical (unpaired) electrons. The molecule has 0 N–H and O–H groups in total. The SMILES string of the molecule is CCN(Cc1cccs1)C(=O)C(C)Sc1ccc([N+](=O)[O-])cc1. The van der Waals surface area contributed by atoms with Gasteiger partial charge in [0.15, 0.2) is 0 Å². The molecule has 2 rings (SSSR count). The smallest absolute Gasteiger partial charge is 0.269 e. The Morgan fingerprint density at radius 2 is 2.04 bits per heavy atom. The first-order chi connectivity index (χ1) is 11.0. The molecule has 0 aliphatic heterocycles. The van der Waals surface area contributed by atoms with Crippen LogP contribution in [0.4, 0.5) is 5.69 Å². The van der Waals surface area contributed by atoms with Crippen LogP contribution < -0.4 is 0 Å². The van der Waals surface area contributed by atoms with E-state index in [0.717, 1.165) is 9.77 Å². The number of rotatable bonds is 7. The van der Waals surface area contributed by atoms with Crippen LogP contribution >= 0.6 is 23.1 Å². The van der Waals surface area contributed by atoms with E-state index in [1.165, 1.54) is 23.9 Å². The van der Waals surface area contributed by atoms with Gasteiger partial charge in [0.1, 0.15) is 0 Å². The Morgan fingerprint density at radius 3 is 2.57 bits per heavy atom. The van der Waals surface area contributed by atoms with Crippen LogP contribution in [-0.4, -0.2) is 27.5 Å². The molecule has 0 saturated carbocycles. The summed E-state index contributed by atoms with van der Waals surface area (Å²) in [5.74, 6) is 0.0734. The van der Waals surface area contributed by atoms with E-state index < -0.39 is 4.92 Å². The lowest BCUT2D eigenvalue weighted by Gasteiger charge is -2.23. The second-order valence-corrected chi connectivity index (χ2v) is 7.39. The predicted molar refractivity (Wildman–Crippen MR) is 93.8 cm³/mol. The van der Waals surface area contributed by atoms with E-state index in [2.05, 4.69) is 0 Å². The van der Waals surface area contributed by atoms with Gasteiger partial charge in [-0.2, -0.15) is 0 Å². The Hall–Kier alpha value is -1.86. The van der Waals surface area contributed by atoms with Crippen LogP contribution in [0.3, 0.4) is 0 Å². The van der Waals surface area contributed by atoms with Crippen LogP contribution in [0.5, 0.6) is 0 Å². The largest absolute Gasteiger partial charge is 0.337 e. The Morgan fingerprint density at radius 1 is 1.35 bits per heavy atom. The number of thioether (sulfide) groups is 1. The van der Waals surface area contributed by atoms with Crippen LogP contribution in [0.2, 0.25) is 0 Å². The molecule has 0 saturated heterocycles. The van der Waals surface area contributed by atoms with Crippen molar-refractivity contribution in [2.45, 2.75) is 30.5 Å². The third-order valence-corrected chi connectivity index (χ3v) is 5.29. The van der Waals surface area contributed by atoms with Crippen molar-refractivity contribution in [3.63, 3.8) is 0 Å². The summed E-state index contributed by atoms with van der Waals surface area (Å²) in [6, 6.07) is 10.3. The second kappa shape index (κ2) is 8.12. The zero-order valence-corrected chi connectivity index (χ0v) is 14.6. The number of carbonyl (C=O) groups is 1. The third-order valence-electron chi connectivity index (χ3n) is 3.33. The zero-order valence-electron chi connectivity index (χ0n) is 13.0. The summed E-state index contributed by atoms with van der Waals surface area (Å²) in [7, 11) is 0. The van der Waals surface area contributed by atoms with Gasteiger partial charge in [-0.25, -0.2) is 0 Å². The van der Waals surface area contributed by atoms with Crippen LogP contribution in [-0.2, 0) is 11.3 Å². The van der Waals surface area contributed by atoms with E-state index in [4.69, 9.17) is 0 Å². The number of hydrogen-bond acceptors (Lipinski definition) is 5. The standard InChI is InChI=1S/C16H18N2O3S2/c1-3-17(11-15-5-4-10-22-15)16(19)12(2)23-14-8-6-13(7-9-14)18(20)21/h4-10,12H,3,11H2,1-2H3. The lowest BCUT2D eigenvalue weighted by molar-refractivity contribution is -0.384. The summed E-state index contributed by atoms with van der Waals surface area (Å²) >= 11 is 3.06. The fourth-order valence-electron chi connectivity index (χ4n) is 2.09. The first kappa shape index (κ1) is 17.5. The molecule has 0 bridgehead atoms.